The number of hydrogen-bond donors (Lipinski definition) is 1. The third-order valence-electron chi connectivity index (χ3n) is 2.28. The molecule has 1 aromatic carbocycles. The van der Waals surface area contributed by atoms with Crippen molar-refractivity contribution in [1.82, 2.24) is 9.59 Å². The maximum atomic E-state index is 13.5. The molecule has 0 amide bonds. The second-order valence-electron chi connectivity index (χ2n) is 3.34. The van der Waals surface area contributed by atoms with Crippen molar-refractivity contribution in [2.75, 3.05) is 0 Å². The number of nitrogens with zero attached hydrogens (tertiary/aromatic N) is 2. The monoisotopic (exact) mass is 241 g/mol. The summed E-state index contributed by atoms with van der Waals surface area (Å²) in [5.74, 6) is -1.30. The Bertz CT molecular complexity index is 492. The van der Waals surface area contributed by atoms with E-state index in [0.717, 1.165) is 11.5 Å². The Morgan fingerprint density at radius 2 is 1.94 bits per heavy atom. The maximum absolute atomic E-state index is 13.5. The van der Waals surface area contributed by atoms with Crippen LogP contribution >= 0.6 is 11.5 Å². The molecule has 1 aromatic heterocycles. The van der Waals surface area contributed by atoms with Crippen LogP contribution in [0.2, 0.25) is 0 Å². The van der Waals surface area contributed by atoms with E-state index in [-0.39, 0.29) is 5.56 Å². The minimum atomic E-state index is -0.860. The molecule has 0 aliphatic heterocycles. The van der Waals surface area contributed by atoms with E-state index >= 15 is 0 Å². The molecule has 0 radical (unpaired) electrons. The zero-order chi connectivity index (χ0) is 11.7. The normalized spacial score (nSPS) is 12.8. The smallest absolute Gasteiger partial charge is 0.131 e. The zero-order valence-electron chi connectivity index (χ0n) is 8.45. The van der Waals surface area contributed by atoms with E-state index in [2.05, 4.69) is 9.59 Å². The third kappa shape index (κ3) is 1.81. The summed E-state index contributed by atoms with van der Waals surface area (Å²) in [4.78, 5) is 0.573. The first-order chi connectivity index (χ1) is 7.61. The van der Waals surface area contributed by atoms with E-state index in [4.69, 9.17) is 5.73 Å². The molecule has 2 N–H and O–H groups in total. The summed E-state index contributed by atoms with van der Waals surface area (Å²) < 4.78 is 30.6. The molecule has 1 heterocycles. The van der Waals surface area contributed by atoms with Gasteiger partial charge in [0.1, 0.15) is 11.6 Å². The second-order valence-corrected chi connectivity index (χ2v) is 4.12. The van der Waals surface area contributed by atoms with Crippen LogP contribution in [-0.4, -0.2) is 9.59 Å². The predicted molar refractivity (Wildman–Crippen MR) is 57.0 cm³/mol. The summed E-state index contributed by atoms with van der Waals surface area (Å²) >= 11 is 1.05. The lowest BCUT2D eigenvalue weighted by atomic mass is 10.0. The van der Waals surface area contributed by atoms with Crippen molar-refractivity contribution in [3.63, 3.8) is 0 Å². The van der Waals surface area contributed by atoms with Crippen molar-refractivity contribution in [1.29, 1.82) is 0 Å². The van der Waals surface area contributed by atoms with Crippen LogP contribution in [0.1, 0.15) is 22.2 Å². The topological polar surface area (TPSA) is 51.8 Å². The maximum Gasteiger partial charge on any atom is 0.131 e. The number of hydrogen-bond acceptors (Lipinski definition) is 4. The Morgan fingerprint density at radius 1 is 1.31 bits per heavy atom. The van der Waals surface area contributed by atoms with Crippen LogP contribution < -0.4 is 5.73 Å². The third-order valence-corrected chi connectivity index (χ3v) is 3.19. The number of benzene rings is 1. The Morgan fingerprint density at radius 3 is 2.44 bits per heavy atom. The van der Waals surface area contributed by atoms with Gasteiger partial charge >= 0.3 is 0 Å². The molecule has 84 valence electrons. The fraction of sp³-hybridized carbons (Fsp3) is 0.200. The number of aryl methyl sites for hydroxylation is 1. The summed E-state index contributed by atoms with van der Waals surface area (Å²) in [5, 5.41) is 3.77. The van der Waals surface area contributed by atoms with Gasteiger partial charge in [0, 0.05) is 5.56 Å². The lowest BCUT2D eigenvalue weighted by molar-refractivity contribution is 0.544. The first-order valence-electron chi connectivity index (χ1n) is 4.59. The van der Waals surface area contributed by atoms with Gasteiger partial charge in [-0.05, 0) is 30.6 Å². The van der Waals surface area contributed by atoms with Gasteiger partial charge in [0.2, 0.25) is 0 Å². The fourth-order valence-corrected chi connectivity index (χ4v) is 2.12. The van der Waals surface area contributed by atoms with E-state index in [1.54, 1.807) is 6.92 Å². The summed E-state index contributed by atoms with van der Waals surface area (Å²) in [7, 11) is 0. The van der Waals surface area contributed by atoms with Crippen LogP contribution in [-0.2, 0) is 0 Å². The quantitative estimate of drug-likeness (QED) is 0.876. The number of aromatic nitrogens is 2. The van der Waals surface area contributed by atoms with Crippen molar-refractivity contribution in [3.8, 4) is 0 Å². The Kier molecular flexibility index (Phi) is 2.93. The van der Waals surface area contributed by atoms with Crippen molar-refractivity contribution < 1.29 is 8.78 Å². The molecule has 1 atom stereocenters. The first kappa shape index (κ1) is 11.1. The minimum absolute atomic E-state index is 0.142. The molecule has 0 bridgehead atoms. The molecule has 0 aliphatic carbocycles. The SMILES string of the molecule is Cc1nnsc1C(N)c1c(F)cccc1F. The zero-order valence-corrected chi connectivity index (χ0v) is 9.26. The van der Waals surface area contributed by atoms with Crippen molar-refractivity contribution in [2.24, 2.45) is 5.73 Å². The van der Waals surface area contributed by atoms with Crippen LogP contribution in [0.25, 0.3) is 0 Å². The molecule has 2 aromatic rings. The van der Waals surface area contributed by atoms with E-state index in [1.165, 1.54) is 18.2 Å². The lowest BCUT2D eigenvalue weighted by Crippen LogP contribution is -2.15. The molecular formula is C10H9F2N3S. The van der Waals surface area contributed by atoms with Crippen LogP contribution in [0.4, 0.5) is 8.78 Å². The highest BCUT2D eigenvalue weighted by molar-refractivity contribution is 7.05. The molecule has 16 heavy (non-hydrogen) atoms. The second kappa shape index (κ2) is 4.23. The standard InChI is InChI=1S/C10H9F2N3S/c1-5-10(16-15-14-5)9(13)8-6(11)3-2-4-7(8)12/h2-4,9H,13H2,1H3. The molecule has 0 saturated heterocycles. The molecule has 2 rings (SSSR count). The van der Waals surface area contributed by atoms with Gasteiger partial charge in [-0.1, -0.05) is 10.6 Å². The van der Waals surface area contributed by atoms with Gasteiger partial charge in [0.25, 0.3) is 0 Å². The number of halogens is 2. The van der Waals surface area contributed by atoms with Gasteiger partial charge in [-0.3, -0.25) is 0 Å². The van der Waals surface area contributed by atoms with Gasteiger partial charge in [0.05, 0.1) is 16.6 Å². The van der Waals surface area contributed by atoms with E-state index in [1.807, 2.05) is 0 Å². The first-order valence-corrected chi connectivity index (χ1v) is 5.37. The highest BCUT2D eigenvalue weighted by atomic mass is 32.1. The Labute approximate surface area is 95.1 Å². The number of nitrogens with two attached hydrogens (primary N) is 1. The minimum Gasteiger partial charge on any atom is -0.319 e. The largest absolute Gasteiger partial charge is 0.319 e. The summed E-state index contributed by atoms with van der Waals surface area (Å²) in [5.41, 5.74) is 6.27. The van der Waals surface area contributed by atoms with Crippen molar-refractivity contribution in [3.05, 3.63) is 46.0 Å². The van der Waals surface area contributed by atoms with Crippen molar-refractivity contribution >= 4 is 11.5 Å². The molecule has 6 heteroatoms. The summed E-state index contributed by atoms with van der Waals surface area (Å²) in [6.07, 6.45) is 0. The molecular weight excluding hydrogens is 232 g/mol. The van der Waals surface area contributed by atoms with E-state index in [0.29, 0.717) is 10.6 Å². The lowest BCUT2D eigenvalue weighted by Gasteiger charge is -2.11. The summed E-state index contributed by atoms with van der Waals surface area (Å²) in [6.45, 7) is 1.71. The van der Waals surface area contributed by atoms with Crippen LogP contribution in [0.5, 0.6) is 0 Å². The van der Waals surface area contributed by atoms with Gasteiger partial charge in [-0.2, -0.15) is 0 Å². The van der Waals surface area contributed by atoms with E-state index < -0.39 is 17.7 Å². The van der Waals surface area contributed by atoms with Gasteiger partial charge in [0.15, 0.2) is 0 Å². The fourth-order valence-electron chi connectivity index (χ4n) is 1.46. The predicted octanol–water partition coefficient (Wildman–Crippen LogP) is 2.17. The molecule has 3 nitrogen and oxygen atoms in total. The summed E-state index contributed by atoms with van der Waals surface area (Å²) in [6, 6.07) is 2.81. The Balaban J connectivity index is 2.49. The van der Waals surface area contributed by atoms with Gasteiger partial charge in [-0.25, -0.2) is 8.78 Å². The molecule has 0 aliphatic rings. The van der Waals surface area contributed by atoms with E-state index in [9.17, 15) is 8.78 Å². The van der Waals surface area contributed by atoms with Crippen molar-refractivity contribution in [2.45, 2.75) is 13.0 Å². The van der Waals surface area contributed by atoms with Gasteiger partial charge < -0.3 is 5.73 Å². The highest BCUT2D eigenvalue weighted by Gasteiger charge is 2.21. The van der Waals surface area contributed by atoms with Crippen LogP contribution in [0.15, 0.2) is 18.2 Å². The molecule has 0 spiro atoms. The number of rotatable bonds is 2. The molecule has 0 fully saturated rings. The van der Waals surface area contributed by atoms with Gasteiger partial charge in [-0.15, -0.1) is 5.10 Å². The van der Waals surface area contributed by atoms with Crippen LogP contribution in [0.3, 0.4) is 0 Å². The molecule has 0 saturated carbocycles. The average molecular weight is 241 g/mol. The Hall–Kier alpha value is -1.40. The highest BCUT2D eigenvalue weighted by Crippen LogP contribution is 2.28. The molecule has 1 unspecified atom stereocenters. The average Bonchev–Trinajstić information content (AvgIpc) is 2.64. The van der Waals surface area contributed by atoms with Crippen LogP contribution in [0, 0.1) is 18.6 Å².